The van der Waals surface area contributed by atoms with Gasteiger partial charge in [-0.15, -0.1) is 23.8 Å². The van der Waals surface area contributed by atoms with Crippen LogP contribution in [0.5, 0.6) is 0 Å². The number of hydrogen-bond acceptors (Lipinski definition) is 0. The van der Waals surface area contributed by atoms with Crippen molar-refractivity contribution in [3.8, 4) is 0 Å². The fourth-order valence-corrected chi connectivity index (χ4v) is 10.3. The minimum atomic E-state index is 0.384. The van der Waals surface area contributed by atoms with Crippen molar-refractivity contribution in [2.24, 2.45) is 0 Å². The third-order valence-electron chi connectivity index (χ3n) is 3.79. The van der Waals surface area contributed by atoms with E-state index in [0.29, 0.717) is 23.8 Å². The van der Waals surface area contributed by atoms with Gasteiger partial charge in [0.2, 0.25) is 0 Å². The molecule has 0 amide bonds. The van der Waals surface area contributed by atoms with Crippen molar-refractivity contribution in [1.29, 1.82) is 0 Å². The first-order valence-corrected chi connectivity index (χ1v) is 13.6. The van der Waals surface area contributed by atoms with Crippen molar-refractivity contribution >= 4 is 23.8 Å². The zero-order valence-corrected chi connectivity index (χ0v) is 16.1. The third-order valence-corrected chi connectivity index (χ3v) is 12.6. The average molecular weight is 308 g/mol. The first kappa shape index (κ1) is 19.3. The summed E-state index contributed by atoms with van der Waals surface area (Å²) in [6, 6.07) is 0. The highest BCUT2D eigenvalue weighted by molar-refractivity contribution is 7.63. The molecular formula is C15H35P3. The molecule has 0 heterocycles. The first-order chi connectivity index (χ1) is 8.71. The molecule has 0 saturated heterocycles. The lowest BCUT2D eigenvalue weighted by atomic mass is 10.6. The van der Waals surface area contributed by atoms with Gasteiger partial charge in [-0.2, -0.15) is 0 Å². The molecule has 0 aliphatic carbocycles. The van der Waals surface area contributed by atoms with E-state index in [0.717, 1.165) is 0 Å². The predicted octanol–water partition coefficient (Wildman–Crippen LogP) is 5.92. The van der Waals surface area contributed by atoms with Crippen LogP contribution in [0, 0.1) is 0 Å². The maximum atomic E-state index is 2.39. The Morgan fingerprint density at radius 2 is 0.778 bits per heavy atom. The van der Waals surface area contributed by atoms with Crippen molar-refractivity contribution in [2.75, 3.05) is 55.5 Å². The standard InChI is InChI=1S/C15H35P3/c1-6-11-18(14-12-16(7-2)8-3)15-13-17(9-4)10-5/h6-15H2,1-5H3. The van der Waals surface area contributed by atoms with Gasteiger partial charge in [0, 0.05) is 0 Å². The molecule has 3 heteroatoms. The molecule has 110 valence electrons. The third kappa shape index (κ3) is 9.23. The molecule has 0 nitrogen and oxygen atoms in total. The van der Waals surface area contributed by atoms with Crippen molar-refractivity contribution in [2.45, 2.75) is 41.0 Å². The molecule has 0 aromatic heterocycles. The molecule has 0 saturated carbocycles. The molecule has 0 aromatic carbocycles. The van der Waals surface area contributed by atoms with Crippen LogP contribution in [-0.2, 0) is 0 Å². The van der Waals surface area contributed by atoms with E-state index in [-0.39, 0.29) is 0 Å². The zero-order chi connectivity index (χ0) is 13.8. The van der Waals surface area contributed by atoms with E-state index < -0.39 is 0 Å². The Morgan fingerprint density at radius 1 is 0.444 bits per heavy atom. The minimum absolute atomic E-state index is 0.384. The van der Waals surface area contributed by atoms with Gasteiger partial charge in [-0.25, -0.2) is 0 Å². The highest BCUT2D eigenvalue weighted by Crippen LogP contribution is 2.46. The molecule has 0 aromatic rings. The zero-order valence-electron chi connectivity index (χ0n) is 13.4. The molecule has 0 unspecified atom stereocenters. The van der Waals surface area contributed by atoms with Gasteiger partial charge in [-0.3, -0.25) is 0 Å². The molecule has 0 fully saturated rings. The van der Waals surface area contributed by atoms with E-state index in [2.05, 4.69) is 34.6 Å². The van der Waals surface area contributed by atoms with Gasteiger partial charge in [0.05, 0.1) is 0 Å². The summed E-state index contributed by atoms with van der Waals surface area (Å²) >= 11 is 0. The summed E-state index contributed by atoms with van der Waals surface area (Å²) in [5.74, 6) is 0. The van der Waals surface area contributed by atoms with Gasteiger partial charge in [-0.05, 0) is 55.5 Å². The summed E-state index contributed by atoms with van der Waals surface area (Å²) in [7, 11) is 1.16. The van der Waals surface area contributed by atoms with Gasteiger partial charge in [-0.1, -0.05) is 41.0 Å². The molecule has 0 spiro atoms. The van der Waals surface area contributed by atoms with E-state index in [1.807, 2.05) is 0 Å². The Hall–Kier alpha value is 1.29. The van der Waals surface area contributed by atoms with Crippen LogP contribution in [0.3, 0.4) is 0 Å². The number of rotatable bonds is 12. The van der Waals surface area contributed by atoms with Crippen LogP contribution >= 0.6 is 23.8 Å². The SMILES string of the molecule is CCCP(CCP(CC)CC)CCP(CC)CC. The Labute approximate surface area is 120 Å². The molecular weight excluding hydrogens is 273 g/mol. The van der Waals surface area contributed by atoms with Crippen LogP contribution in [0.4, 0.5) is 0 Å². The smallest absolute Gasteiger partial charge is 0.0286 e. The lowest BCUT2D eigenvalue weighted by molar-refractivity contribution is 1.09. The van der Waals surface area contributed by atoms with Gasteiger partial charge in [0.1, 0.15) is 0 Å². The van der Waals surface area contributed by atoms with Crippen molar-refractivity contribution < 1.29 is 0 Å². The summed E-state index contributed by atoms with van der Waals surface area (Å²) in [5, 5.41) is 0. The molecule has 18 heavy (non-hydrogen) atoms. The van der Waals surface area contributed by atoms with Gasteiger partial charge < -0.3 is 0 Å². The van der Waals surface area contributed by atoms with E-state index in [1.54, 1.807) is 30.8 Å². The van der Waals surface area contributed by atoms with Gasteiger partial charge >= 0.3 is 0 Å². The van der Waals surface area contributed by atoms with Crippen LogP contribution in [-0.4, -0.2) is 55.5 Å². The van der Waals surface area contributed by atoms with Crippen LogP contribution in [0.1, 0.15) is 41.0 Å². The molecule has 0 aliphatic rings. The quantitative estimate of drug-likeness (QED) is 0.392. The molecule has 0 aliphatic heterocycles. The fraction of sp³-hybridized carbons (Fsp3) is 1.00. The highest BCUT2D eigenvalue weighted by atomic mass is 31.1. The summed E-state index contributed by atoms with van der Waals surface area (Å²) in [6.07, 6.45) is 15.1. The fourth-order valence-electron chi connectivity index (χ4n) is 2.30. The first-order valence-electron chi connectivity index (χ1n) is 7.88. The molecule has 0 radical (unpaired) electrons. The molecule has 0 bridgehead atoms. The Kier molecular flexibility index (Phi) is 14.2. The lowest BCUT2D eigenvalue weighted by Gasteiger charge is -2.23. The summed E-state index contributed by atoms with van der Waals surface area (Å²) in [4.78, 5) is 0. The Morgan fingerprint density at radius 3 is 1.06 bits per heavy atom. The van der Waals surface area contributed by atoms with E-state index in [9.17, 15) is 0 Å². The van der Waals surface area contributed by atoms with Crippen LogP contribution in [0.25, 0.3) is 0 Å². The highest BCUT2D eigenvalue weighted by Gasteiger charge is 2.12. The molecule has 0 N–H and O–H groups in total. The summed E-state index contributed by atoms with van der Waals surface area (Å²) < 4.78 is 0. The van der Waals surface area contributed by atoms with Gasteiger partial charge in [0.25, 0.3) is 0 Å². The van der Waals surface area contributed by atoms with Crippen LogP contribution in [0.2, 0.25) is 0 Å². The molecule has 0 rings (SSSR count). The van der Waals surface area contributed by atoms with Crippen molar-refractivity contribution in [1.82, 2.24) is 0 Å². The second kappa shape index (κ2) is 13.3. The Bertz CT molecular complexity index is 149. The van der Waals surface area contributed by atoms with Gasteiger partial charge in [0.15, 0.2) is 0 Å². The monoisotopic (exact) mass is 308 g/mol. The van der Waals surface area contributed by atoms with Crippen LogP contribution in [0.15, 0.2) is 0 Å². The summed E-state index contributed by atoms with van der Waals surface area (Å²) in [5.41, 5.74) is 0. The van der Waals surface area contributed by atoms with Crippen molar-refractivity contribution in [3.63, 3.8) is 0 Å². The maximum absolute atomic E-state index is 2.39. The van der Waals surface area contributed by atoms with Crippen LogP contribution < -0.4 is 0 Å². The largest absolute Gasteiger partial charge is 0.107 e. The van der Waals surface area contributed by atoms with E-state index in [4.69, 9.17) is 0 Å². The molecule has 0 atom stereocenters. The number of hydrogen-bond donors (Lipinski definition) is 0. The lowest BCUT2D eigenvalue weighted by Crippen LogP contribution is -2.03. The normalized spacial score (nSPS) is 12.0. The second-order valence-corrected chi connectivity index (χ2v) is 13.7. The summed E-state index contributed by atoms with van der Waals surface area (Å²) in [6.45, 7) is 11.9. The topological polar surface area (TPSA) is 0 Å². The second-order valence-electron chi connectivity index (χ2n) is 4.90. The minimum Gasteiger partial charge on any atom is -0.107 e. The van der Waals surface area contributed by atoms with E-state index in [1.165, 1.54) is 31.1 Å². The Balaban J connectivity index is 3.97. The average Bonchev–Trinajstić information content (AvgIpc) is 2.40. The van der Waals surface area contributed by atoms with E-state index >= 15 is 0 Å². The maximum Gasteiger partial charge on any atom is -0.0286 e. The predicted molar refractivity (Wildman–Crippen MR) is 97.6 cm³/mol. The van der Waals surface area contributed by atoms with Crippen molar-refractivity contribution in [3.05, 3.63) is 0 Å².